The number of hydrogen-bond donors (Lipinski definition) is 2. The van der Waals surface area contributed by atoms with Gasteiger partial charge in [0.2, 0.25) is 5.88 Å². The maximum atomic E-state index is 6.21. The summed E-state index contributed by atoms with van der Waals surface area (Å²) >= 11 is 0. The Morgan fingerprint density at radius 3 is 3.00 bits per heavy atom. The summed E-state index contributed by atoms with van der Waals surface area (Å²) in [6.45, 7) is 2.75. The van der Waals surface area contributed by atoms with Gasteiger partial charge in [0.1, 0.15) is 12.1 Å². The van der Waals surface area contributed by atoms with Crippen molar-refractivity contribution < 1.29 is 4.74 Å². The van der Waals surface area contributed by atoms with E-state index in [9.17, 15) is 0 Å². The second-order valence-corrected chi connectivity index (χ2v) is 5.14. The van der Waals surface area contributed by atoms with Crippen molar-refractivity contribution >= 4 is 5.82 Å². The standard InChI is InChI=1S/C14H24N4O/c1-2-8-19-14-9-13(16-10-17-14)18-12-7-5-3-4-6-11(12)15/h9-12H,2-8,15H2,1H3,(H,16,17,18). The van der Waals surface area contributed by atoms with Crippen molar-refractivity contribution in [3.8, 4) is 5.88 Å². The number of nitrogens with one attached hydrogen (secondary N) is 1. The number of aromatic nitrogens is 2. The second kappa shape index (κ2) is 7.28. The van der Waals surface area contributed by atoms with Crippen LogP contribution in [0, 0.1) is 0 Å². The van der Waals surface area contributed by atoms with E-state index in [0.29, 0.717) is 18.5 Å². The van der Waals surface area contributed by atoms with E-state index in [4.69, 9.17) is 10.5 Å². The molecule has 1 saturated carbocycles. The molecule has 5 nitrogen and oxygen atoms in total. The van der Waals surface area contributed by atoms with E-state index in [1.54, 1.807) is 0 Å². The first-order valence-corrected chi connectivity index (χ1v) is 7.26. The van der Waals surface area contributed by atoms with Crippen LogP contribution >= 0.6 is 0 Å². The third kappa shape index (κ3) is 4.35. The molecule has 0 radical (unpaired) electrons. The Balaban J connectivity index is 1.97. The van der Waals surface area contributed by atoms with Crippen molar-refractivity contribution in [2.75, 3.05) is 11.9 Å². The molecule has 1 aliphatic carbocycles. The zero-order valence-electron chi connectivity index (χ0n) is 11.6. The first kappa shape index (κ1) is 14.1. The van der Waals surface area contributed by atoms with Gasteiger partial charge < -0.3 is 15.8 Å². The molecule has 1 heterocycles. The predicted octanol–water partition coefficient (Wildman–Crippen LogP) is 2.34. The average Bonchev–Trinajstić information content (AvgIpc) is 2.62. The van der Waals surface area contributed by atoms with Crippen LogP contribution in [0.1, 0.15) is 45.4 Å². The van der Waals surface area contributed by atoms with Gasteiger partial charge in [-0.3, -0.25) is 0 Å². The van der Waals surface area contributed by atoms with Gasteiger partial charge in [0.15, 0.2) is 0 Å². The average molecular weight is 264 g/mol. The minimum absolute atomic E-state index is 0.206. The highest BCUT2D eigenvalue weighted by molar-refractivity contribution is 5.38. The molecule has 3 N–H and O–H groups in total. The van der Waals surface area contributed by atoms with E-state index in [-0.39, 0.29) is 6.04 Å². The molecule has 0 amide bonds. The molecule has 2 rings (SSSR count). The zero-order chi connectivity index (χ0) is 13.5. The van der Waals surface area contributed by atoms with Gasteiger partial charge in [-0.2, -0.15) is 0 Å². The minimum Gasteiger partial charge on any atom is -0.478 e. The molecule has 106 valence electrons. The number of nitrogens with two attached hydrogens (primary N) is 1. The van der Waals surface area contributed by atoms with Crippen molar-refractivity contribution in [1.29, 1.82) is 0 Å². The zero-order valence-corrected chi connectivity index (χ0v) is 11.6. The summed E-state index contributed by atoms with van der Waals surface area (Å²) in [7, 11) is 0. The Kier molecular flexibility index (Phi) is 5.39. The Labute approximate surface area is 115 Å². The van der Waals surface area contributed by atoms with Gasteiger partial charge in [0, 0.05) is 18.2 Å². The normalized spacial score (nSPS) is 23.7. The topological polar surface area (TPSA) is 73.1 Å². The lowest BCUT2D eigenvalue weighted by Gasteiger charge is -2.23. The number of ether oxygens (including phenoxy) is 1. The number of anilines is 1. The molecule has 5 heteroatoms. The molecule has 2 atom stereocenters. The van der Waals surface area contributed by atoms with E-state index < -0.39 is 0 Å². The van der Waals surface area contributed by atoms with Crippen LogP contribution in [-0.2, 0) is 0 Å². The van der Waals surface area contributed by atoms with Crippen molar-refractivity contribution in [2.24, 2.45) is 5.73 Å². The van der Waals surface area contributed by atoms with E-state index in [1.807, 2.05) is 6.07 Å². The molecule has 1 aromatic rings. The summed E-state index contributed by atoms with van der Waals surface area (Å²) < 4.78 is 5.51. The summed E-state index contributed by atoms with van der Waals surface area (Å²) in [5.41, 5.74) is 6.21. The lowest BCUT2D eigenvalue weighted by molar-refractivity contribution is 0.305. The highest BCUT2D eigenvalue weighted by Gasteiger charge is 2.20. The Morgan fingerprint density at radius 2 is 2.16 bits per heavy atom. The van der Waals surface area contributed by atoms with Crippen molar-refractivity contribution in [3.05, 3.63) is 12.4 Å². The fourth-order valence-corrected chi connectivity index (χ4v) is 2.41. The number of hydrogen-bond acceptors (Lipinski definition) is 5. The fraction of sp³-hybridized carbons (Fsp3) is 0.714. The lowest BCUT2D eigenvalue weighted by Crippen LogP contribution is -2.39. The van der Waals surface area contributed by atoms with Gasteiger partial charge in [0.05, 0.1) is 6.61 Å². The summed E-state index contributed by atoms with van der Waals surface area (Å²) in [5.74, 6) is 1.44. The van der Waals surface area contributed by atoms with E-state index in [0.717, 1.165) is 25.1 Å². The van der Waals surface area contributed by atoms with Crippen LogP contribution < -0.4 is 15.8 Å². The molecule has 0 bridgehead atoms. The lowest BCUT2D eigenvalue weighted by atomic mass is 10.0. The highest BCUT2D eigenvalue weighted by atomic mass is 16.5. The Hall–Kier alpha value is -1.36. The maximum Gasteiger partial charge on any atom is 0.218 e. The SMILES string of the molecule is CCCOc1cc(NC2CCCCCC2N)ncn1. The minimum atomic E-state index is 0.206. The molecule has 1 aromatic heterocycles. The summed E-state index contributed by atoms with van der Waals surface area (Å²) in [5, 5.41) is 3.43. The van der Waals surface area contributed by atoms with Crippen LogP contribution in [0.25, 0.3) is 0 Å². The van der Waals surface area contributed by atoms with Gasteiger partial charge in [-0.05, 0) is 19.3 Å². The third-order valence-electron chi connectivity index (χ3n) is 3.50. The van der Waals surface area contributed by atoms with E-state index in [2.05, 4.69) is 22.2 Å². The van der Waals surface area contributed by atoms with E-state index >= 15 is 0 Å². The monoisotopic (exact) mass is 264 g/mol. The number of rotatable bonds is 5. The molecule has 0 aliphatic heterocycles. The molecular weight excluding hydrogens is 240 g/mol. The van der Waals surface area contributed by atoms with Crippen LogP contribution in [0.5, 0.6) is 5.88 Å². The van der Waals surface area contributed by atoms with Crippen molar-refractivity contribution in [1.82, 2.24) is 9.97 Å². The largest absolute Gasteiger partial charge is 0.478 e. The molecule has 0 saturated heterocycles. The van der Waals surface area contributed by atoms with Crippen molar-refractivity contribution in [2.45, 2.75) is 57.5 Å². The number of nitrogens with zero attached hydrogens (tertiary/aromatic N) is 2. The summed E-state index contributed by atoms with van der Waals surface area (Å²) in [6.07, 6.45) is 8.44. The highest BCUT2D eigenvalue weighted by Crippen LogP contribution is 2.20. The van der Waals surface area contributed by atoms with Crippen LogP contribution in [0.4, 0.5) is 5.82 Å². The van der Waals surface area contributed by atoms with Gasteiger partial charge in [0.25, 0.3) is 0 Å². The smallest absolute Gasteiger partial charge is 0.218 e. The second-order valence-electron chi connectivity index (χ2n) is 5.14. The van der Waals surface area contributed by atoms with E-state index in [1.165, 1.54) is 25.6 Å². The molecule has 0 aromatic carbocycles. The van der Waals surface area contributed by atoms with Crippen LogP contribution in [0.3, 0.4) is 0 Å². The van der Waals surface area contributed by atoms with Crippen LogP contribution in [0.2, 0.25) is 0 Å². The molecular formula is C14H24N4O. The Morgan fingerprint density at radius 1 is 1.32 bits per heavy atom. The predicted molar refractivity (Wildman–Crippen MR) is 76.3 cm³/mol. The summed E-state index contributed by atoms with van der Waals surface area (Å²) in [4.78, 5) is 8.35. The maximum absolute atomic E-state index is 6.21. The molecule has 1 aliphatic rings. The molecule has 2 unspecified atom stereocenters. The van der Waals surface area contributed by atoms with Gasteiger partial charge in [-0.1, -0.05) is 26.2 Å². The van der Waals surface area contributed by atoms with Crippen LogP contribution in [0.15, 0.2) is 12.4 Å². The van der Waals surface area contributed by atoms with Crippen LogP contribution in [-0.4, -0.2) is 28.7 Å². The Bertz CT molecular complexity index is 385. The van der Waals surface area contributed by atoms with Crippen molar-refractivity contribution in [3.63, 3.8) is 0 Å². The molecule has 0 spiro atoms. The van der Waals surface area contributed by atoms with Gasteiger partial charge >= 0.3 is 0 Å². The molecule has 1 fully saturated rings. The third-order valence-corrected chi connectivity index (χ3v) is 3.50. The quantitative estimate of drug-likeness (QED) is 0.799. The fourth-order valence-electron chi connectivity index (χ4n) is 2.41. The van der Waals surface area contributed by atoms with Gasteiger partial charge in [-0.15, -0.1) is 0 Å². The van der Waals surface area contributed by atoms with Gasteiger partial charge in [-0.25, -0.2) is 9.97 Å². The first-order chi connectivity index (χ1) is 9.29. The molecule has 19 heavy (non-hydrogen) atoms. The summed E-state index contributed by atoms with van der Waals surface area (Å²) in [6, 6.07) is 2.36. The first-order valence-electron chi connectivity index (χ1n) is 7.26.